The number of rotatable bonds is 3. The summed E-state index contributed by atoms with van der Waals surface area (Å²) in [5.41, 5.74) is 6.92. The van der Waals surface area contributed by atoms with E-state index in [4.69, 9.17) is 45.3 Å². The van der Waals surface area contributed by atoms with Crippen molar-refractivity contribution >= 4 is 40.5 Å². The molecule has 0 aliphatic heterocycles. The SMILES string of the molecule is Nc1ccc(OCc2c(Cl)cccc2Cl)c(Cl)c1. The predicted molar refractivity (Wildman–Crippen MR) is 76.7 cm³/mol. The first-order chi connectivity index (χ1) is 8.58. The fraction of sp³-hybridized carbons (Fsp3) is 0.0769. The van der Waals surface area contributed by atoms with Gasteiger partial charge in [0.05, 0.1) is 5.02 Å². The van der Waals surface area contributed by atoms with Gasteiger partial charge in [0.25, 0.3) is 0 Å². The van der Waals surface area contributed by atoms with Crippen molar-refractivity contribution in [3.05, 3.63) is 57.0 Å². The van der Waals surface area contributed by atoms with E-state index < -0.39 is 0 Å². The van der Waals surface area contributed by atoms with Crippen LogP contribution in [0, 0.1) is 0 Å². The van der Waals surface area contributed by atoms with E-state index in [0.29, 0.717) is 26.5 Å². The van der Waals surface area contributed by atoms with Crippen molar-refractivity contribution in [3.8, 4) is 5.75 Å². The second-order valence-corrected chi connectivity index (χ2v) is 4.90. The molecular weight excluding hydrogens is 293 g/mol. The molecule has 5 heteroatoms. The van der Waals surface area contributed by atoms with Gasteiger partial charge in [-0.2, -0.15) is 0 Å². The van der Waals surface area contributed by atoms with E-state index in [1.807, 2.05) is 0 Å². The number of nitrogen functional groups attached to an aromatic ring is 1. The van der Waals surface area contributed by atoms with Gasteiger partial charge in [0.15, 0.2) is 0 Å². The van der Waals surface area contributed by atoms with Crippen LogP contribution in [0.2, 0.25) is 15.1 Å². The number of anilines is 1. The number of benzene rings is 2. The summed E-state index contributed by atoms with van der Waals surface area (Å²) in [7, 11) is 0. The number of halogens is 3. The van der Waals surface area contributed by atoms with Crippen molar-refractivity contribution < 1.29 is 4.74 Å². The quantitative estimate of drug-likeness (QED) is 0.826. The fourth-order valence-corrected chi connectivity index (χ4v) is 2.20. The lowest BCUT2D eigenvalue weighted by atomic mass is 10.2. The molecule has 94 valence electrons. The lowest BCUT2D eigenvalue weighted by molar-refractivity contribution is 0.306. The van der Waals surface area contributed by atoms with Gasteiger partial charge in [-0.05, 0) is 30.3 Å². The highest BCUT2D eigenvalue weighted by Gasteiger charge is 2.08. The smallest absolute Gasteiger partial charge is 0.138 e. The monoisotopic (exact) mass is 301 g/mol. The molecule has 0 spiro atoms. The van der Waals surface area contributed by atoms with E-state index in [1.54, 1.807) is 36.4 Å². The molecule has 18 heavy (non-hydrogen) atoms. The molecule has 0 unspecified atom stereocenters. The van der Waals surface area contributed by atoms with Crippen molar-refractivity contribution in [2.75, 3.05) is 5.73 Å². The second kappa shape index (κ2) is 5.70. The molecule has 0 radical (unpaired) electrons. The maximum absolute atomic E-state index is 6.04. The molecule has 0 heterocycles. The van der Waals surface area contributed by atoms with Crippen LogP contribution in [-0.4, -0.2) is 0 Å². The Balaban J connectivity index is 2.16. The summed E-state index contributed by atoms with van der Waals surface area (Å²) in [6.45, 7) is 0.252. The maximum Gasteiger partial charge on any atom is 0.138 e. The first-order valence-electron chi connectivity index (χ1n) is 5.18. The Kier molecular flexibility index (Phi) is 4.23. The number of ether oxygens (including phenoxy) is 1. The molecule has 0 fully saturated rings. The third kappa shape index (κ3) is 3.02. The van der Waals surface area contributed by atoms with Crippen LogP contribution in [-0.2, 0) is 6.61 Å². The van der Waals surface area contributed by atoms with Gasteiger partial charge in [-0.25, -0.2) is 0 Å². The number of nitrogens with two attached hydrogens (primary N) is 1. The van der Waals surface area contributed by atoms with Gasteiger partial charge in [0.2, 0.25) is 0 Å². The second-order valence-electron chi connectivity index (χ2n) is 3.68. The third-order valence-electron chi connectivity index (χ3n) is 2.39. The Morgan fingerprint density at radius 2 is 1.61 bits per heavy atom. The maximum atomic E-state index is 6.04. The van der Waals surface area contributed by atoms with Crippen molar-refractivity contribution in [2.45, 2.75) is 6.61 Å². The van der Waals surface area contributed by atoms with E-state index in [-0.39, 0.29) is 6.61 Å². The van der Waals surface area contributed by atoms with E-state index in [9.17, 15) is 0 Å². The Morgan fingerprint density at radius 3 is 2.22 bits per heavy atom. The van der Waals surface area contributed by atoms with E-state index >= 15 is 0 Å². The first-order valence-corrected chi connectivity index (χ1v) is 6.32. The summed E-state index contributed by atoms with van der Waals surface area (Å²) >= 11 is 18.1. The molecular formula is C13H10Cl3NO. The highest BCUT2D eigenvalue weighted by atomic mass is 35.5. The summed E-state index contributed by atoms with van der Waals surface area (Å²) < 4.78 is 5.58. The topological polar surface area (TPSA) is 35.2 Å². The zero-order valence-electron chi connectivity index (χ0n) is 9.29. The van der Waals surface area contributed by atoms with E-state index in [0.717, 1.165) is 5.56 Å². The van der Waals surface area contributed by atoms with Gasteiger partial charge in [-0.15, -0.1) is 0 Å². The largest absolute Gasteiger partial charge is 0.487 e. The van der Waals surface area contributed by atoms with E-state index in [1.165, 1.54) is 0 Å². The minimum atomic E-state index is 0.252. The normalized spacial score (nSPS) is 10.4. The molecule has 0 aliphatic rings. The lowest BCUT2D eigenvalue weighted by Crippen LogP contribution is -1.98. The molecule has 2 rings (SSSR count). The van der Waals surface area contributed by atoms with Crippen molar-refractivity contribution in [2.24, 2.45) is 0 Å². The molecule has 0 amide bonds. The zero-order valence-corrected chi connectivity index (χ0v) is 11.6. The molecule has 2 aromatic carbocycles. The van der Waals surface area contributed by atoms with Crippen LogP contribution in [0.25, 0.3) is 0 Å². The molecule has 0 saturated heterocycles. The van der Waals surface area contributed by atoms with Crippen LogP contribution in [0.4, 0.5) is 5.69 Å². The van der Waals surface area contributed by atoms with Crippen LogP contribution < -0.4 is 10.5 Å². The van der Waals surface area contributed by atoms with Crippen LogP contribution in [0.5, 0.6) is 5.75 Å². The summed E-state index contributed by atoms with van der Waals surface area (Å²) in [6.07, 6.45) is 0. The summed E-state index contributed by atoms with van der Waals surface area (Å²) in [6, 6.07) is 10.4. The van der Waals surface area contributed by atoms with Crippen molar-refractivity contribution in [1.82, 2.24) is 0 Å². The molecule has 0 aromatic heterocycles. The average molecular weight is 303 g/mol. The zero-order chi connectivity index (χ0) is 13.1. The minimum Gasteiger partial charge on any atom is -0.487 e. The number of hydrogen-bond acceptors (Lipinski definition) is 2. The lowest BCUT2D eigenvalue weighted by Gasteiger charge is -2.11. The van der Waals surface area contributed by atoms with Gasteiger partial charge in [0.1, 0.15) is 12.4 Å². The highest BCUT2D eigenvalue weighted by molar-refractivity contribution is 6.36. The Labute approximate surface area is 120 Å². The average Bonchev–Trinajstić information content (AvgIpc) is 2.31. The van der Waals surface area contributed by atoms with Crippen molar-refractivity contribution in [1.29, 1.82) is 0 Å². The van der Waals surface area contributed by atoms with E-state index in [2.05, 4.69) is 0 Å². The van der Waals surface area contributed by atoms with Crippen molar-refractivity contribution in [3.63, 3.8) is 0 Å². The van der Waals surface area contributed by atoms with Gasteiger partial charge in [-0.3, -0.25) is 0 Å². The van der Waals surface area contributed by atoms with Gasteiger partial charge < -0.3 is 10.5 Å². The Morgan fingerprint density at radius 1 is 0.944 bits per heavy atom. The number of hydrogen-bond donors (Lipinski definition) is 1. The molecule has 2 nitrogen and oxygen atoms in total. The van der Waals surface area contributed by atoms with Gasteiger partial charge in [0, 0.05) is 21.3 Å². The van der Waals surface area contributed by atoms with Gasteiger partial charge >= 0.3 is 0 Å². The molecule has 0 saturated carbocycles. The fourth-order valence-electron chi connectivity index (χ4n) is 1.45. The Bertz CT molecular complexity index is 552. The summed E-state index contributed by atoms with van der Waals surface area (Å²) in [5.74, 6) is 0.543. The summed E-state index contributed by atoms with van der Waals surface area (Å²) in [5, 5.41) is 1.58. The van der Waals surface area contributed by atoms with Crippen LogP contribution in [0.3, 0.4) is 0 Å². The minimum absolute atomic E-state index is 0.252. The predicted octanol–water partition coefficient (Wildman–Crippen LogP) is 4.81. The van der Waals surface area contributed by atoms with Crippen LogP contribution in [0.1, 0.15) is 5.56 Å². The summed E-state index contributed by atoms with van der Waals surface area (Å²) in [4.78, 5) is 0. The highest BCUT2D eigenvalue weighted by Crippen LogP contribution is 2.30. The Hall–Kier alpha value is -1.09. The molecule has 0 atom stereocenters. The third-order valence-corrected chi connectivity index (χ3v) is 3.39. The molecule has 2 N–H and O–H groups in total. The van der Waals surface area contributed by atoms with Crippen LogP contribution in [0.15, 0.2) is 36.4 Å². The van der Waals surface area contributed by atoms with Crippen LogP contribution >= 0.6 is 34.8 Å². The first kappa shape index (κ1) is 13.3. The molecule has 2 aromatic rings. The molecule has 0 aliphatic carbocycles. The van der Waals surface area contributed by atoms with Gasteiger partial charge in [-0.1, -0.05) is 40.9 Å². The molecule has 0 bridgehead atoms. The standard InChI is InChI=1S/C13H10Cl3NO/c14-10-2-1-3-11(15)9(10)7-18-13-5-4-8(17)6-12(13)16/h1-6H,7,17H2.